The topological polar surface area (TPSA) is 67.9 Å². The molecule has 2 amide bonds. The molecule has 1 aromatic carbocycles. The molecule has 7 heteroatoms. The lowest BCUT2D eigenvalue weighted by molar-refractivity contribution is -0.129. The molecular formula is C20H27ClN2O4. The van der Waals surface area contributed by atoms with E-state index >= 15 is 0 Å². The summed E-state index contributed by atoms with van der Waals surface area (Å²) in [6.45, 7) is 3.20. The van der Waals surface area contributed by atoms with E-state index in [9.17, 15) is 9.59 Å². The molecule has 0 aliphatic carbocycles. The summed E-state index contributed by atoms with van der Waals surface area (Å²) in [6.07, 6.45) is 6.33. The first-order valence-corrected chi connectivity index (χ1v) is 9.54. The van der Waals surface area contributed by atoms with Crippen molar-refractivity contribution in [2.75, 3.05) is 27.3 Å². The number of amides is 2. The van der Waals surface area contributed by atoms with Gasteiger partial charge in [-0.25, -0.2) is 0 Å². The van der Waals surface area contributed by atoms with Crippen LogP contribution in [0.1, 0.15) is 38.2 Å². The van der Waals surface area contributed by atoms with Crippen molar-refractivity contribution in [1.82, 2.24) is 10.2 Å². The van der Waals surface area contributed by atoms with Crippen molar-refractivity contribution in [1.29, 1.82) is 0 Å². The molecule has 0 spiro atoms. The van der Waals surface area contributed by atoms with Gasteiger partial charge in [0, 0.05) is 31.6 Å². The van der Waals surface area contributed by atoms with Gasteiger partial charge in [0.25, 0.3) is 0 Å². The fourth-order valence-corrected chi connectivity index (χ4v) is 3.43. The Bertz CT molecular complexity index is 705. The minimum atomic E-state index is -0.0876. The predicted octanol–water partition coefficient (Wildman–Crippen LogP) is 3.28. The number of halogens is 1. The van der Waals surface area contributed by atoms with E-state index in [1.165, 1.54) is 20.3 Å². The number of ether oxygens (including phenoxy) is 2. The molecule has 1 N–H and O–H groups in total. The van der Waals surface area contributed by atoms with Crippen molar-refractivity contribution in [3.63, 3.8) is 0 Å². The van der Waals surface area contributed by atoms with Crippen LogP contribution in [0, 0.1) is 0 Å². The van der Waals surface area contributed by atoms with E-state index in [4.69, 9.17) is 21.1 Å². The van der Waals surface area contributed by atoms with Gasteiger partial charge >= 0.3 is 0 Å². The predicted molar refractivity (Wildman–Crippen MR) is 106 cm³/mol. The summed E-state index contributed by atoms with van der Waals surface area (Å²) in [5.41, 5.74) is 0.746. The fraction of sp³-hybridized carbons (Fsp3) is 0.500. The lowest BCUT2D eigenvalue weighted by Crippen LogP contribution is -2.49. The van der Waals surface area contributed by atoms with Crippen molar-refractivity contribution in [3.05, 3.63) is 28.8 Å². The number of carbonyl (C=O) groups is 2. The zero-order chi connectivity index (χ0) is 19.8. The molecule has 1 aliphatic rings. The van der Waals surface area contributed by atoms with E-state index in [1.54, 1.807) is 23.1 Å². The van der Waals surface area contributed by atoms with Gasteiger partial charge in [-0.2, -0.15) is 0 Å². The van der Waals surface area contributed by atoms with Crippen molar-refractivity contribution < 1.29 is 19.1 Å². The number of nitrogens with one attached hydrogen (secondary N) is 1. The third-order valence-corrected chi connectivity index (χ3v) is 4.73. The van der Waals surface area contributed by atoms with E-state index in [2.05, 4.69) is 5.32 Å². The van der Waals surface area contributed by atoms with Crippen molar-refractivity contribution >= 4 is 29.5 Å². The fourth-order valence-electron chi connectivity index (χ4n) is 3.13. The van der Waals surface area contributed by atoms with Crippen LogP contribution in [0.3, 0.4) is 0 Å². The van der Waals surface area contributed by atoms with E-state index in [0.717, 1.165) is 24.8 Å². The van der Waals surface area contributed by atoms with E-state index < -0.39 is 0 Å². The zero-order valence-electron chi connectivity index (χ0n) is 16.1. The summed E-state index contributed by atoms with van der Waals surface area (Å²) < 4.78 is 10.5. The summed E-state index contributed by atoms with van der Waals surface area (Å²) in [5.74, 6) is 0.931. The Morgan fingerprint density at radius 3 is 2.78 bits per heavy atom. The Balaban J connectivity index is 2.01. The Labute approximate surface area is 165 Å². The second-order valence-electron chi connectivity index (χ2n) is 6.51. The van der Waals surface area contributed by atoms with Gasteiger partial charge in [-0.05, 0) is 43.0 Å². The van der Waals surface area contributed by atoms with Crippen molar-refractivity contribution in [2.24, 2.45) is 0 Å². The highest BCUT2D eigenvalue weighted by Crippen LogP contribution is 2.36. The molecule has 27 heavy (non-hydrogen) atoms. The lowest BCUT2D eigenvalue weighted by atomic mass is 10.0. The third-order valence-electron chi connectivity index (χ3n) is 4.45. The van der Waals surface area contributed by atoms with Gasteiger partial charge in [0.15, 0.2) is 11.5 Å². The second kappa shape index (κ2) is 10.2. The standard InChI is InChI=1S/C20H27ClN2O4/c1-4-6-18(24)22-15-7-5-10-23(13-15)19(25)9-8-14-11-16(21)20(27-3)17(12-14)26-2/h8-9,11-12,15H,4-7,10,13H2,1-3H3,(H,22,24)/b9-8+. The molecule has 0 saturated carbocycles. The molecular weight excluding hydrogens is 368 g/mol. The Kier molecular flexibility index (Phi) is 7.98. The average Bonchev–Trinajstić information content (AvgIpc) is 2.65. The van der Waals surface area contributed by atoms with Crippen LogP contribution in [-0.4, -0.2) is 50.1 Å². The lowest BCUT2D eigenvalue weighted by Gasteiger charge is -2.32. The third kappa shape index (κ3) is 5.89. The number of hydrogen-bond acceptors (Lipinski definition) is 4. The normalized spacial score (nSPS) is 17.0. The van der Waals surface area contributed by atoms with Crippen LogP contribution in [0.15, 0.2) is 18.2 Å². The average molecular weight is 395 g/mol. The first kappa shape index (κ1) is 21.1. The quantitative estimate of drug-likeness (QED) is 0.720. The number of piperidine rings is 1. The summed E-state index contributed by atoms with van der Waals surface area (Å²) in [4.78, 5) is 26.1. The monoisotopic (exact) mass is 394 g/mol. The molecule has 1 saturated heterocycles. The molecule has 1 unspecified atom stereocenters. The summed E-state index contributed by atoms with van der Waals surface area (Å²) in [5, 5.41) is 3.43. The van der Waals surface area contributed by atoms with Gasteiger partial charge < -0.3 is 19.7 Å². The van der Waals surface area contributed by atoms with Gasteiger partial charge in [0.1, 0.15) is 0 Å². The van der Waals surface area contributed by atoms with Crippen LogP contribution < -0.4 is 14.8 Å². The summed E-state index contributed by atoms with van der Waals surface area (Å²) >= 11 is 6.20. The first-order valence-electron chi connectivity index (χ1n) is 9.16. The minimum absolute atomic E-state index is 0.0191. The number of likely N-dealkylation sites (tertiary alicyclic amines) is 1. The van der Waals surface area contributed by atoms with E-state index in [0.29, 0.717) is 36.0 Å². The van der Waals surface area contributed by atoms with Gasteiger partial charge in [0.2, 0.25) is 11.8 Å². The first-order chi connectivity index (χ1) is 13.0. The molecule has 1 aromatic rings. The van der Waals surface area contributed by atoms with E-state index in [1.807, 2.05) is 6.92 Å². The number of carbonyl (C=O) groups excluding carboxylic acids is 2. The Hall–Kier alpha value is -2.21. The molecule has 0 aromatic heterocycles. The van der Waals surface area contributed by atoms with Crippen LogP contribution in [-0.2, 0) is 9.59 Å². The molecule has 2 rings (SSSR count). The maximum Gasteiger partial charge on any atom is 0.246 e. The van der Waals surface area contributed by atoms with Crippen molar-refractivity contribution in [3.8, 4) is 11.5 Å². The highest BCUT2D eigenvalue weighted by Gasteiger charge is 2.23. The van der Waals surface area contributed by atoms with Gasteiger partial charge in [-0.15, -0.1) is 0 Å². The number of benzene rings is 1. The van der Waals surface area contributed by atoms with Crippen molar-refractivity contribution in [2.45, 2.75) is 38.6 Å². The molecule has 1 aliphatic heterocycles. The molecule has 1 heterocycles. The van der Waals surface area contributed by atoms with Crippen LogP contribution in [0.4, 0.5) is 0 Å². The number of nitrogens with zero attached hydrogens (tertiary/aromatic N) is 1. The van der Waals surface area contributed by atoms with Crippen LogP contribution in [0.5, 0.6) is 11.5 Å². The highest BCUT2D eigenvalue weighted by atomic mass is 35.5. The summed E-state index contributed by atoms with van der Waals surface area (Å²) in [7, 11) is 3.06. The molecule has 0 radical (unpaired) electrons. The minimum Gasteiger partial charge on any atom is -0.493 e. The van der Waals surface area contributed by atoms with Crippen LogP contribution >= 0.6 is 11.6 Å². The number of methoxy groups -OCH3 is 2. The summed E-state index contributed by atoms with van der Waals surface area (Å²) in [6, 6.07) is 3.50. The van der Waals surface area contributed by atoms with Gasteiger partial charge in [-0.3, -0.25) is 9.59 Å². The number of rotatable bonds is 7. The maximum absolute atomic E-state index is 12.5. The molecule has 1 fully saturated rings. The Morgan fingerprint density at radius 2 is 2.11 bits per heavy atom. The maximum atomic E-state index is 12.5. The molecule has 6 nitrogen and oxygen atoms in total. The smallest absolute Gasteiger partial charge is 0.246 e. The van der Waals surface area contributed by atoms with Gasteiger partial charge in [-0.1, -0.05) is 18.5 Å². The molecule has 1 atom stereocenters. The SMILES string of the molecule is CCCC(=O)NC1CCCN(C(=O)/C=C/c2cc(Cl)c(OC)c(OC)c2)C1. The van der Waals surface area contributed by atoms with Gasteiger partial charge in [0.05, 0.1) is 19.2 Å². The Morgan fingerprint density at radius 1 is 1.33 bits per heavy atom. The van der Waals surface area contributed by atoms with E-state index in [-0.39, 0.29) is 17.9 Å². The second-order valence-corrected chi connectivity index (χ2v) is 6.92. The molecule has 0 bridgehead atoms. The number of hydrogen-bond donors (Lipinski definition) is 1. The van der Waals surface area contributed by atoms with Crippen LogP contribution in [0.2, 0.25) is 5.02 Å². The molecule has 148 valence electrons. The largest absolute Gasteiger partial charge is 0.493 e. The van der Waals surface area contributed by atoms with Crippen LogP contribution in [0.25, 0.3) is 6.08 Å². The zero-order valence-corrected chi connectivity index (χ0v) is 16.8. The highest BCUT2D eigenvalue weighted by molar-refractivity contribution is 6.32.